The van der Waals surface area contributed by atoms with Crippen LogP contribution in [0.25, 0.3) is 0 Å². The Hall–Kier alpha value is -0.160. The number of piperidine rings is 2. The highest BCUT2D eigenvalue weighted by atomic mass is 15.1. The SMILES string of the molecule is CN1CCC(CCNCCNC2CCN(C)CC2)CC1. The van der Waals surface area contributed by atoms with Gasteiger partial charge in [0.15, 0.2) is 0 Å². The van der Waals surface area contributed by atoms with E-state index in [1.54, 1.807) is 0 Å². The molecule has 0 atom stereocenters. The van der Waals surface area contributed by atoms with E-state index in [9.17, 15) is 0 Å². The number of nitrogens with zero attached hydrogens (tertiary/aromatic N) is 2. The lowest BCUT2D eigenvalue weighted by Crippen LogP contribution is -2.43. The Balaban J connectivity index is 1.40. The highest BCUT2D eigenvalue weighted by Gasteiger charge is 2.16. The van der Waals surface area contributed by atoms with Crippen LogP contribution in [-0.2, 0) is 0 Å². The molecule has 118 valence electrons. The maximum atomic E-state index is 3.69. The van der Waals surface area contributed by atoms with E-state index in [4.69, 9.17) is 0 Å². The average Bonchev–Trinajstić information content (AvgIpc) is 2.46. The molecule has 2 fully saturated rings. The molecule has 20 heavy (non-hydrogen) atoms. The molecule has 0 amide bonds. The van der Waals surface area contributed by atoms with Crippen molar-refractivity contribution in [2.45, 2.75) is 38.1 Å². The van der Waals surface area contributed by atoms with Crippen LogP contribution in [-0.4, -0.2) is 75.8 Å². The van der Waals surface area contributed by atoms with Crippen LogP contribution in [0.5, 0.6) is 0 Å². The smallest absolute Gasteiger partial charge is 0.00919 e. The van der Waals surface area contributed by atoms with Crippen LogP contribution in [0.1, 0.15) is 32.1 Å². The number of hydrogen-bond acceptors (Lipinski definition) is 4. The summed E-state index contributed by atoms with van der Waals surface area (Å²) in [5.74, 6) is 0.959. The zero-order valence-electron chi connectivity index (χ0n) is 13.5. The second-order valence-corrected chi connectivity index (χ2v) is 6.82. The summed E-state index contributed by atoms with van der Waals surface area (Å²) in [5, 5.41) is 7.30. The highest BCUT2D eigenvalue weighted by molar-refractivity contribution is 4.76. The maximum Gasteiger partial charge on any atom is 0.00919 e. The first-order valence-corrected chi connectivity index (χ1v) is 8.55. The molecule has 0 radical (unpaired) electrons. The van der Waals surface area contributed by atoms with Crippen LogP contribution in [0.2, 0.25) is 0 Å². The van der Waals surface area contributed by atoms with Crippen molar-refractivity contribution in [3.8, 4) is 0 Å². The molecule has 2 heterocycles. The van der Waals surface area contributed by atoms with E-state index in [0.717, 1.165) is 25.0 Å². The fraction of sp³-hybridized carbons (Fsp3) is 1.00. The van der Waals surface area contributed by atoms with Crippen molar-refractivity contribution in [2.75, 3.05) is 59.9 Å². The first kappa shape index (κ1) is 16.2. The van der Waals surface area contributed by atoms with E-state index in [0.29, 0.717) is 0 Å². The monoisotopic (exact) mass is 282 g/mol. The van der Waals surface area contributed by atoms with Gasteiger partial charge in [0.2, 0.25) is 0 Å². The molecule has 4 nitrogen and oxygen atoms in total. The van der Waals surface area contributed by atoms with E-state index < -0.39 is 0 Å². The molecule has 2 aliphatic rings. The number of nitrogens with one attached hydrogen (secondary N) is 2. The lowest BCUT2D eigenvalue weighted by atomic mass is 9.94. The van der Waals surface area contributed by atoms with Gasteiger partial charge < -0.3 is 20.4 Å². The topological polar surface area (TPSA) is 30.5 Å². The number of rotatable bonds is 7. The first-order chi connectivity index (χ1) is 9.74. The van der Waals surface area contributed by atoms with Gasteiger partial charge in [-0.2, -0.15) is 0 Å². The van der Waals surface area contributed by atoms with Crippen molar-refractivity contribution >= 4 is 0 Å². The Morgan fingerprint density at radius 1 is 0.800 bits per heavy atom. The molecule has 0 aromatic heterocycles. The third-order valence-electron chi connectivity index (χ3n) is 5.02. The molecule has 2 saturated heterocycles. The van der Waals surface area contributed by atoms with Crippen LogP contribution in [0.4, 0.5) is 0 Å². The molecule has 0 aliphatic carbocycles. The number of hydrogen-bond donors (Lipinski definition) is 2. The fourth-order valence-electron chi connectivity index (χ4n) is 3.36. The van der Waals surface area contributed by atoms with Crippen molar-refractivity contribution in [3.05, 3.63) is 0 Å². The minimum absolute atomic E-state index is 0.752. The summed E-state index contributed by atoms with van der Waals surface area (Å²) in [6, 6.07) is 0.752. The highest BCUT2D eigenvalue weighted by Crippen LogP contribution is 2.18. The van der Waals surface area contributed by atoms with E-state index in [1.807, 2.05) is 0 Å². The van der Waals surface area contributed by atoms with Gasteiger partial charge in [0.25, 0.3) is 0 Å². The van der Waals surface area contributed by atoms with Crippen LogP contribution in [0, 0.1) is 5.92 Å². The van der Waals surface area contributed by atoms with Gasteiger partial charge in [0.05, 0.1) is 0 Å². The number of likely N-dealkylation sites (tertiary alicyclic amines) is 2. The van der Waals surface area contributed by atoms with E-state index in [2.05, 4.69) is 34.5 Å². The summed E-state index contributed by atoms with van der Waals surface area (Å²) in [4.78, 5) is 4.88. The Morgan fingerprint density at radius 2 is 1.40 bits per heavy atom. The van der Waals surface area contributed by atoms with Crippen LogP contribution >= 0.6 is 0 Å². The van der Waals surface area contributed by atoms with Crippen molar-refractivity contribution in [1.29, 1.82) is 0 Å². The largest absolute Gasteiger partial charge is 0.315 e. The van der Waals surface area contributed by atoms with Crippen LogP contribution < -0.4 is 10.6 Å². The summed E-state index contributed by atoms with van der Waals surface area (Å²) < 4.78 is 0. The normalized spacial score (nSPS) is 24.3. The summed E-state index contributed by atoms with van der Waals surface area (Å²) in [6.45, 7) is 8.54. The lowest BCUT2D eigenvalue weighted by molar-refractivity contribution is 0.211. The second kappa shape index (κ2) is 8.98. The Bertz CT molecular complexity index is 217. The predicted molar refractivity (Wildman–Crippen MR) is 86.2 cm³/mol. The van der Waals surface area contributed by atoms with Gasteiger partial charge in [0, 0.05) is 19.1 Å². The Kier molecular flexibility index (Phi) is 7.28. The quantitative estimate of drug-likeness (QED) is 0.682. The molecular formula is C16H34N4. The first-order valence-electron chi connectivity index (χ1n) is 8.55. The molecule has 0 aromatic carbocycles. The van der Waals surface area contributed by atoms with Gasteiger partial charge in [-0.15, -0.1) is 0 Å². The zero-order chi connectivity index (χ0) is 14.2. The van der Waals surface area contributed by atoms with Crippen molar-refractivity contribution < 1.29 is 0 Å². The zero-order valence-corrected chi connectivity index (χ0v) is 13.5. The minimum Gasteiger partial charge on any atom is -0.315 e. The van der Waals surface area contributed by atoms with Gasteiger partial charge in [-0.3, -0.25) is 0 Å². The molecule has 4 heteroatoms. The standard InChI is InChI=1S/C16H34N4/c1-19-11-4-15(5-12-19)3-8-17-9-10-18-16-6-13-20(2)14-7-16/h15-18H,3-14H2,1-2H3. The summed E-state index contributed by atoms with van der Waals surface area (Å²) in [6.07, 6.45) is 6.78. The maximum absolute atomic E-state index is 3.69. The molecule has 2 aliphatic heterocycles. The van der Waals surface area contributed by atoms with E-state index in [-0.39, 0.29) is 0 Å². The summed E-state index contributed by atoms with van der Waals surface area (Å²) in [5.41, 5.74) is 0. The molecule has 0 unspecified atom stereocenters. The Morgan fingerprint density at radius 3 is 2.05 bits per heavy atom. The molecule has 0 spiro atoms. The molecule has 2 N–H and O–H groups in total. The van der Waals surface area contributed by atoms with E-state index in [1.165, 1.54) is 64.8 Å². The van der Waals surface area contributed by atoms with Crippen LogP contribution in [0.15, 0.2) is 0 Å². The van der Waals surface area contributed by atoms with Gasteiger partial charge >= 0.3 is 0 Å². The van der Waals surface area contributed by atoms with Gasteiger partial charge in [-0.05, 0) is 84.8 Å². The molecule has 0 bridgehead atoms. The van der Waals surface area contributed by atoms with Crippen molar-refractivity contribution in [1.82, 2.24) is 20.4 Å². The van der Waals surface area contributed by atoms with Crippen molar-refractivity contribution in [2.24, 2.45) is 5.92 Å². The Labute approximate surface area is 125 Å². The molecular weight excluding hydrogens is 248 g/mol. The van der Waals surface area contributed by atoms with Crippen LogP contribution in [0.3, 0.4) is 0 Å². The van der Waals surface area contributed by atoms with Gasteiger partial charge in [0.1, 0.15) is 0 Å². The van der Waals surface area contributed by atoms with Gasteiger partial charge in [-0.25, -0.2) is 0 Å². The van der Waals surface area contributed by atoms with E-state index >= 15 is 0 Å². The third kappa shape index (κ3) is 6.08. The third-order valence-corrected chi connectivity index (χ3v) is 5.02. The fourth-order valence-corrected chi connectivity index (χ4v) is 3.36. The lowest BCUT2D eigenvalue weighted by Gasteiger charge is -2.30. The predicted octanol–water partition coefficient (Wildman–Crippen LogP) is 0.992. The van der Waals surface area contributed by atoms with Crippen molar-refractivity contribution in [3.63, 3.8) is 0 Å². The summed E-state index contributed by atoms with van der Waals surface area (Å²) in [7, 11) is 4.46. The molecule has 2 rings (SSSR count). The van der Waals surface area contributed by atoms with Gasteiger partial charge in [-0.1, -0.05) is 0 Å². The second-order valence-electron chi connectivity index (χ2n) is 6.82. The average molecular weight is 282 g/mol. The molecule has 0 saturated carbocycles. The minimum atomic E-state index is 0.752. The summed E-state index contributed by atoms with van der Waals surface area (Å²) >= 11 is 0. The molecule has 0 aromatic rings.